The lowest BCUT2D eigenvalue weighted by Gasteiger charge is -2.06. The van der Waals surface area contributed by atoms with E-state index < -0.39 is 0 Å². The fourth-order valence-electron chi connectivity index (χ4n) is 1.17. The predicted molar refractivity (Wildman–Crippen MR) is 53.4 cm³/mol. The molecule has 0 unspecified atom stereocenters. The van der Waals surface area contributed by atoms with Crippen molar-refractivity contribution < 1.29 is 14.3 Å². The summed E-state index contributed by atoms with van der Waals surface area (Å²) >= 11 is 0. The number of pyridine rings is 1. The van der Waals surface area contributed by atoms with Crippen molar-refractivity contribution in [3.63, 3.8) is 0 Å². The monoisotopic (exact) mass is 207 g/mol. The minimum absolute atomic E-state index is 0.0928. The lowest BCUT2D eigenvalue weighted by molar-refractivity contribution is -0.145. The summed E-state index contributed by atoms with van der Waals surface area (Å²) in [5, 5.41) is 0. The molecule has 4 heteroatoms. The van der Waals surface area contributed by atoms with Crippen molar-refractivity contribution >= 4 is 5.97 Å². The first-order valence-corrected chi connectivity index (χ1v) is 5.06. The molecule has 0 aromatic carbocycles. The molecule has 0 spiro atoms. The maximum absolute atomic E-state index is 11.1. The van der Waals surface area contributed by atoms with Gasteiger partial charge in [-0.3, -0.25) is 9.78 Å². The van der Waals surface area contributed by atoms with Gasteiger partial charge in [0.15, 0.2) is 0 Å². The Morgan fingerprint density at radius 3 is 3.00 bits per heavy atom. The average molecular weight is 207 g/mol. The Labute approximate surface area is 88.2 Å². The number of rotatable bonds is 5. The van der Waals surface area contributed by atoms with Gasteiger partial charge in [0.1, 0.15) is 19.0 Å². The van der Waals surface area contributed by atoms with Gasteiger partial charge in [-0.15, -0.1) is 0 Å². The maximum Gasteiger partial charge on any atom is 0.309 e. The zero-order valence-corrected chi connectivity index (χ0v) is 8.39. The molecule has 0 N–H and O–H groups in total. The van der Waals surface area contributed by atoms with Gasteiger partial charge in [-0.2, -0.15) is 0 Å². The standard InChI is InChI=1S/C11H13NO3/c13-11(9-3-4-9)15-7-6-14-10-2-1-5-12-8-10/h1-2,5,8-9H,3-4,6-7H2. The van der Waals surface area contributed by atoms with E-state index in [2.05, 4.69) is 4.98 Å². The van der Waals surface area contributed by atoms with Crippen molar-refractivity contribution in [2.45, 2.75) is 12.8 Å². The number of carbonyl (C=O) groups excluding carboxylic acids is 1. The van der Waals surface area contributed by atoms with Crippen LogP contribution in [-0.2, 0) is 9.53 Å². The van der Waals surface area contributed by atoms with E-state index >= 15 is 0 Å². The number of aromatic nitrogens is 1. The minimum Gasteiger partial charge on any atom is -0.488 e. The van der Waals surface area contributed by atoms with Crippen LogP contribution in [0.3, 0.4) is 0 Å². The van der Waals surface area contributed by atoms with E-state index in [1.165, 1.54) is 0 Å². The molecule has 0 atom stereocenters. The molecular formula is C11H13NO3. The molecule has 4 nitrogen and oxygen atoms in total. The average Bonchev–Trinajstić information content (AvgIpc) is 3.09. The van der Waals surface area contributed by atoms with Crippen LogP contribution < -0.4 is 4.74 Å². The second-order valence-corrected chi connectivity index (χ2v) is 3.48. The third kappa shape index (κ3) is 3.23. The number of carbonyl (C=O) groups is 1. The van der Waals surface area contributed by atoms with Crippen LogP contribution in [0.1, 0.15) is 12.8 Å². The van der Waals surface area contributed by atoms with Crippen LogP contribution >= 0.6 is 0 Å². The Bertz CT molecular complexity index is 322. The molecule has 1 saturated carbocycles. The van der Waals surface area contributed by atoms with E-state index in [1.54, 1.807) is 18.5 Å². The normalized spacial score (nSPS) is 14.7. The van der Waals surface area contributed by atoms with Crippen molar-refractivity contribution in [1.29, 1.82) is 0 Å². The molecule has 1 aliphatic carbocycles. The topological polar surface area (TPSA) is 48.4 Å². The summed E-state index contributed by atoms with van der Waals surface area (Å²) < 4.78 is 10.3. The number of hydrogen-bond donors (Lipinski definition) is 0. The summed E-state index contributed by atoms with van der Waals surface area (Å²) in [6.07, 6.45) is 5.26. The summed E-state index contributed by atoms with van der Waals surface area (Å²) in [6, 6.07) is 3.61. The number of ether oxygens (including phenoxy) is 2. The molecule has 0 bridgehead atoms. The van der Waals surface area contributed by atoms with Crippen molar-refractivity contribution in [3.05, 3.63) is 24.5 Å². The summed E-state index contributed by atoms with van der Waals surface area (Å²) in [7, 11) is 0. The quantitative estimate of drug-likeness (QED) is 0.541. The molecule has 1 heterocycles. The van der Waals surface area contributed by atoms with Crippen LogP contribution in [0.15, 0.2) is 24.5 Å². The van der Waals surface area contributed by atoms with Gasteiger partial charge in [0, 0.05) is 6.20 Å². The Morgan fingerprint density at radius 1 is 1.47 bits per heavy atom. The Hall–Kier alpha value is -1.58. The molecule has 0 radical (unpaired) electrons. The van der Waals surface area contributed by atoms with Gasteiger partial charge in [0.2, 0.25) is 0 Å². The molecule has 15 heavy (non-hydrogen) atoms. The fourth-order valence-corrected chi connectivity index (χ4v) is 1.17. The largest absolute Gasteiger partial charge is 0.488 e. The molecule has 1 aromatic rings. The van der Waals surface area contributed by atoms with Crippen LogP contribution in [0.2, 0.25) is 0 Å². The lowest BCUT2D eigenvalue weighted by Crippen LogP contribution is -2.13. The highest BCUT2D eigenvalue weighted by Crippen LogP contribution is 2.29. The molecule has 2 rings (SSSR count). The van der Waals surface area contributed by atoms with Crippen LogP contribution in [-0.4, -0.2) is 24.2 Å². The molecule has 1 aliphatic rings. The molecule has 0 saturated heterocycles. The molecule has 0 amide bonds. The van der Waals surface area contributed by atoms with Crippen LogP contribution in [0, 0.1) is 5.92 Å². The highest BCUT2D eigenvalue weighted by atomic mass is 16.6. The molecule has 80 valence electrons. The third-order valence-corrected chi connectivity index (χ3v) is 2.14. The van der Waals surface area contributed by atoms with E-state index in [0.717, 1.165) is 12.8 Å². The van der Waals surface area contributed by atoms with Crippen LogP contribution in [0.5, 0.6) is 5.75 Å². The minimum atomic E-state index is -0.0928. The zero-order valence-electron chi connectivity index (χ0n) is 8.39. The Morgan fingerprint density at radius 2 is 2.33 bits per heavy atom. The van der Waals surface area contributed by atoms with Crippen molar-refractivity contribution in [2.24, 2.45) is 5.92 Å². The number of esters is 1. The Balaban J connectivity index is 1.60. The van der Waals surface area contributed by atoms with Gasteiger partial charge in [-0.1, -0.05) is 0 Å². The smallest absolute Gasteiger partial charge is 0.309 e. The second-order valence-electron chi connectivity index (χ2n) is 3.48. The van der Waals surface area contributed by atoms with E-state index in [4.69, 9.17) is 9.47 Å². The van der Waals surface area contributed by atoms with Crippen molar-refractivity contribution in [2.75, 3.05) is 13.2 Å². The summed E-state index contributed by atoms with van der Waals surface area (Å²) in [5.74, 6) is 0.758. The SMILES string of the molecule is O=C(OCCOc1cccnc1)C1CC1. The van der Waals surface area contributed by atoms with E-state index in [1.807, 2.05) is 6.07 Å². The Kier molecular flexibility index (Phi) is 3.17. The van der Waals surface area contributed by atoms with Crippen molar-refractivity contribution in [3.8, 4) is 5.75 Å². The van der Waals surface area contributed by atoms with Gasteiger partial charge in [-0.05, 0) is 25.0 Å². The van der Waals surface area contributed by atoms with E-state index in [-0.39, 0.29) is 11.9 Å². The summed E-state index contributed by atoms with van der Waals surface area (Å²) in [5.41, 5.74) is 0. The van der Waals surface area contributed by atoms with Gasteiger partial charge >= 0.3 is 5.97 Å². The first-order valence-electron chi connectivity index (χ1n) is 5.06. The van der Waals surface area contributed by atoms with Gasteiger partial charge in [0.25, 0.3) is 0 Å². The molecule has 0 aliphatic heterocycles. The van der Waals surface area contributed by atoms with Gasteiger partial charge in [0.05, 0.1) is 12.1 Å². The zero-order chi connectivity index (χ0) is 10.5. The molecular weight excluding hydrogens is 194 g/mol. The fraction of sp³-hybridized carbons (Fsp3) is 0.455. The number of hydrogen-bond acceptors (Lipinski definition) is 4. The van der Waals surface area contributed by atoms with Gasteiger partial charge < -0.3 is 9.47 Å². The van der Waals surface area contributed by atoms with E-state index in [0.29, 0.717) is 19.0 Å². The lowest BCUT2D eigenvalue weighted by atomic mass is 10.4. The highest BCUT2D eigenvalue weighted by molar-refractivity contribution is 5.74. The third-order valence-electron chi connectivity index (χ3n) is 2.14. The number of nitrogens with zero attached hydrogens (tertiary/aromatic N) is 1. The summed E-state index contributed by atoms with van der Waals surface area (Å²) in [6.45, 7) is 0.689. The second kappa shape index (κ2) is 4.77. The van der Waals surface area contributed by atoms with Gasteiger partial charge in [-0.25, -0.2) is 0 Å². The van der Waals surface area contributed by atoms with Crippen LogP contribution in [0.4, 0.5) is 0 Å². The molecule has 1 aromatic heterocycles. The first kappa shape index (κ1) is 9.96. The maximum atomic E-state index is 11.1. The predicted octanol–water partition coefficient (Wildman–Crippen LogP) is 1.41. The summed E-state index contributed by atoms with van der Waals surface area (Å²) in [4.78, 5) is 15.0. The first-order chi connectivity index (χ1) is 7.36. The van der Waals surface area contributed by atoms with Crippen LogP contribution in [0.25, 0.3) is 0 Å². The highest BCUT2D eigenvalue weighted by Gasteiger charge is 2.30. The van der Waals surface area contributed by atoms with E-state index in [9.17, 15) is 4.79 Å². The molecule has 1 fully saturated rings. The van der Waals surface area contributed by atoms with Crippen molar-refractivity contribution in [1.82, 2.24) is 4.98 Å².